The minimum Gasteiger partial charge on any atom is -0.339 e. The van der Waals surface area contributed by atoms with E-state index in [1.165, 1.54) is 31.3 Å². The van der Waals surface area contributed by atoms with E-state index in [2.05, 4.69) is 20.0 Å². The lowest BCUT2D eigenvalue weighted by Gasteiger charge is -2.21. The molecule has 0 radical (unpaired) electrons. The van der Waals surface area contributed by atoms with Crippen LogP contribution in [0.5, 0.6) is 0 Å². The van der Waals surface area contributed by atoms with Crippen LogP contribution in [-0.2, 0) is 17.6 Å². The fourth-order valence-corrected chi connectivity index (χ4v) is 1.83. The molecule has 0 aliphatic heterocycles. The first kappa shape index (κ1) is 19.6. The van der Waals surface area contributed by atoms with Crippen molar-refractivity contribution in [1.29, 1.82) is 0 Å². The summed E-state index contributed by atoms with van der Waals surface area (Å²) < 4.78 is 66.0. The standard InChI is InChI=1S/C14H13F5N4O3/c1-20-13(24)23(25-7-10(15)16)6-8-2-4-9(5-3-8)11-21-12(26-22-11)14(17,18)19/h2-5,10H,6-7H2,1H3,(H,20,24). The van der Waals surface area contributed by atoms with Crippen molar-refractivity contribution in [3.63, 3.8) is 0 Å². The molecule has 0 spiro atoms. The maximum atomic E-state index is 12.5. The maximum Gasteiger partial charge on any atom is 0.471 e. The van der Waals surface area contributed by atoms with E-state index in [0.717, 1.165) is 0 Å². The summed E-state index contributed by atoms with van der Waals surface area (Å²) in [6.45, 7) is -1.12. The average molecular weight is 380 g/mol. The molecule has 2 rings (SSSR count). The van der Waals surface area contributed by atoms with Gasteiger partial charge in [0.2, 0.25) is 5.82 Å². The topological polar surface area (TPSA) is 80.5 Å². The zero-order valence-corrected chi connectivity index (χ0v) is 13.3. The van der Waals surface area contributed by atoms with Crippen LogP contribution < -0.4 is 5.32 Å². The first-order valence-corrected chi connectivity index (χ1v) is 7.11. The van der Waals surface area contributed by atoms with Crippen molar-refractivity contribution >= 4 is 6.03 Å². The Morgan fingerprint density at radius 1 is 1.31 bits per heavy atom. The van der Waals surface area contributed by atoms with Gasteiger partial charge in [-0.25, -0.2) is 13.6 Å². The summed E-state index contributed by atoms with van der Waals surface area (Å²) in [7, 11) is 1.30. The van der Waals surface area contributed by atoms with Gasteiger partial charge in [-0.2, -0.15) is 23.2 Å². The molecule has 0 unspecified atom stereocenters. The van der Waals surface area contributed by atoms with Crippen molar-refractivity contribution in [1.82, 2.24) is 20.5 Å². The van der Waals surface area contributed by atoms with Gasteiger partial charge >= 0.3 is 18.1 Å². The number of alkyl halides is 5. The fourth-order valence-electron chi connectivity index (χ4n) is 1.83. The number of hydrogen-bond donors (Lipinski definition) is 1. The summed E-state index contributed by atoms with van der Waals surface area (Å²) >= 11 is 0. The number of nitrogens with one attached hydrogen (secondary N) is 1. The Morgan fingerprint density at radius 2 is 1.96 bits per heavy atom. The van der Waals surface area contributed by atoms with E-state index >= 15 is 0 Å². The summed E-state index contributed by atoms with van der Waals surface area (Å²) in [5.74, 6) is -1.73. The number of benzene rings is 1. The van der Waals surface area contributed by atoms with Crippen LogP contribution in [-0.4, -0.2) is 41.3 Å². The molecule has 7 nitrogen and oxygen atoms in total. The van der Waals surface area contributed by atoms with E-state index in [4.69, 9.17) is 4.84 Å². The van der Waals surface area contributed by atoms with Crippen LogP contribution >= 0.6 is 0 Å². The van der Waals surface area contributed by atoms with Crippen molar-refractivity contribution in [3.05, 3.63) is 35.7 Å². The first-order valence-electron chi connectivity index (χ1n) is 7.11. The fraction of sp³-hybridized carbons (Fsp3) is 0.357. The lowest BCUT2D eigenvalue weighted by molar-refractivity contribution is -0.159. The van der Waals surface area contributed by atoms with Crippen LogP contribution in [0.1, 0.15) is 11.5 Å². The SMILES string of the molecule is CNC(=O)N(Cc1ccc(-c2noc(C(F)(F)F)n2)cc1)OCC(F)F. The number of carbonyl (C=O) groups is 1. The van der Waals surface area contributed by atoms with Gasteiger partial charge in [-0.05, 0) is 5.56 Å². The maximum absolute atomic E-state index is 12.5. The quantitative estimate of drug-likeness (QED) is 0.615. The number of halogens is 5. The molecule has 1 N–H and O–H groups in total. The monoisotopic (exact) mass is 380 g/mol. The van der Waals surface area contributed by atoms with Crippen molar-refractivity contribution < 1.29 is 36.1 Å². The van der Waals surface area contributed by atoms with Crippen LogP contribution in [0.15, 0.2) is 28.8 Å². The van der Waals surface area contributed by atoms with Crippen molar-refractivity contribution in [2.75, 3.05) is 13.7 Å². The van der Waals surface area contributed by atoms with E-state index in [1.54, 1.807) is 0 Å². The van der Waals surface area contributed by atoms with E-state index in [9.17, 15) is 26.7 Å². The molecule has 26 heavy (non-hydrogen) atoms. The zero-order chi connectivity index (χ0) is 19.3. The Morgan fingerprint density at radius 3 is 2.46 bits per heavy atom. The zero-order valence-electron chi connectivity index (χ0n) is 13.3. The Balaban J connectivity index is 2.10. The second kappa shape index (κ2) is 8.08. The van der Waals surface area contributed by atoms with Gasteiger partial charge in [0.15, 0.2) is 0 Å². The van der Waals surface area contributed by atoms with Gasteiger partial charge in [0, 0.05) is 12.6 Å². The van der Waals surface area contributed by atoms with Crippen LogP contribution in [0.3, 0.4) is 0 Å². The lowest BCUT2D eigenvalue weighted by atomic mass is 10.1. The summed E-state index contributed by atoms with van der Waals surface area (Å²) in [4.78, 5) is 19.6. The molecule has 2 amide bonds. The number of urea groups is 1. The molecule has 12 heteroatoms. The third-order valence-corrected chi connectivity index (χ3v) is 3.00. The van der Waals surface area contributed by atoms with Crippen molar-refractivity contribution in [2.24, 2.45) is 0 Å². The highest BCUT2D eigenvalue weighted by atomic mass is 19.4. The second-order valence-electron chi connectivity index (χ2n) is 4.90. The van der Waals surface area contributed by atoms with Gasteiger partial charge in [0.25, 0.3) is 6.43 Å². The molecule has 2 aromatic rings. The predicted octanol–water partition coefficient (Wildman–Crippen LogP) is 3.09. The van der Waals surface area contributed by atoms with Gasteiger partial charge in [-0.15, -0.1) is 0 Å². The van der Waals surface area contributed by atoms with Crippen LogP contribution in [0, 0.1) is 0 Å². The average Bonchev–Trinajstić information content (AvgIpc) is 3.08. The summed E-state index contributed by atoms with van der Waals surface area (Å²) in [6, 6.07) is 4.98. The van der Waals surface area contributed by atoms with Gasteiger partial charge in [0.1, 0.15) is 6.61 Å². The second-order valence-corrected chi connectivity index (χ2v) is 4.90. The van der Waals surface area contributed by atoms with Gasteiger partial charge < -0.3 is 9.84 Å². The highest BCUT2D eigenvalue weighted by Crippen LogP contribution is 2.29. The number of amides is 2. The molecule has 0 bridgehead atoms. The number of hydroxylamine groups is 2. The third-order valence-electron chi connectivity index (χ3n) is 3.00. The summed E-state index contributed by atoms with van der Waals surface area (Å²) in [5, 5.41) is 6.19. The minimum atomic E-state index is -4.75. The molecular weight excluding hydrogens is 367 g/mol. The molecule has 142 valence electrons. The largest absolute Gasteiger partial charge is 0.471 e. The first-order chi connectivity index (χ1) is 12.2. The Kier molecular flexibility index (Phi) is 6.08. The molecule has 1 aromatic carbocycles. The smallest absolute Gasteiger partial charge is 0.339 e. The molecule has 0 aliphatic carbocycles. The van der Waals surface area contributed by atoms with Crippen LogP contribution in [0.4, 0.5) is 26.7 Å². The normalized spacial score (nSPS) is 11.7. The molecule has 1 aromatic heterocycles. The van der Waals surface area contributed by atoms with Crippen molar-refractivity contribution in [3.8, 4) is 11.4 Å². The van der Waals surface area contributed by atoms with Crippen molar-refractivity contribution in [2.45, 2.75) is 19.1 Å². The molecule has 1 heterocycles. The third kappa shape index (κ3) is 5.12. The minimum absolute atomic E-state index is 0.160. The lowest BCUT2D eigenvalue weighted by Crippen LogP contribution is -2.38. The molecular formula is C14H13F5N4O3. The summed E-state index contributed by atoms with van der Waals surface area (Å²) in [6.07, 6.45) is -7.51. The highest BCUT2D eigenvalue weighted by molar-refractivity contribution is 5.72. The summed E-state index contributed by atoms with van der Waals surface area (Å²) in [5.41, 5.74) is 0.721. The number of rotatable bonds is 6. The van der Waals surface area contributed by atoms with Gasteiger partial charge in [-0.1, -0.05) is 29.4 Å². The van der Waals surface area contributed by atoms with Crippen LogP contribution in [0.2, 0.25) is 0 Å². The molecule has 0 atom stereocenters. The number of carbonyl (C=O) groups excluding carboxylic acids is 1. The number of nitrogens with zero attached hydrogens (tertiary/aromatic N) is 3. The van der Waals surface area contributed by atoms with Gasteiger partial charge in [0.05, 0.1) is 6.54 Å². The Hall–Kier alpha value is -2.76. The number of hydrogen-bond acceptors (Lipinski definition) is 5. The van der Waals surface area contributed by atoms with E-state index < -0.39 is 31.1 Å². The van der Waals surface area contributed by atoms with E-state index in [-0.39, 0.29) is 17.9 Å². The highest BCUT2D eigenvalue weighted by Gasteiger charge is 2.38. The molecule has 0 saturated heterocycles. The van der Waals surface area contributed by atoms with Gasteiger partial charge in [-0.3, -0.25) is 4.84 Å². The number of aromatic nitrogens is 2. The Bertz CT molecular complexity index is 733. The molecule has 0 saturated carbocycles. The van der Waals surface area contributed by atoms with E-state index in [1.807, 2.05) is 0 Å². The predicted molar refractivity (Wildman–Crippen MR) is 76.7 cm³/mol. The molecule has 0 aliphatic rings. The Labute approximate surface area is 143 Å². The molecule has 0 fully saturated rings. The van der Waals surface area contributed by atoms with Crippen LogP contribution in [0.25, 0.3) is 11.4 Å². The van der Waals surface area contributed by atoms with E-state index in [0.29, 0.717) is 10.6 Å².